The van der Waals surface area contributed by atoms with E-state index in [1.165, 1.54) is 18.2 Å². The van der Waals surface area contributed by atoms with Crippen molar-refractivity contribution < 1.29 is 9.53 Å². The van der Waals surface area contributed by atoms with E-state index in [1.807, 2.05) is 65.6 Å². The fourth-order valence-electron chi connectivity index (χ4n) is 4.95. The van der Waals surface area contributed by atoms with Crippen LogP contribution in [0.2, 0.25) is 0 Å². The lowest BCUT2D eigenvalue weighted by atomic mass is 9.85. The summed E-state index contributed by atoms with van der Waals surface area (Å²) in [7, 11) is 0. The Morgan fingerprint density at radius 1 is 1.09 bits per heavy atom. The number of hydrogen-bond donors (Lipinski definition) is 0. The Balaban J connectivity index is 1.61. The molecule has 176 valence electrons. The van der Waals surface area contributed by atoms with Crippen molar-refractivity contribution in [3.8, 4) is 18.1 Å². The van der Waals surface area contributed by atoms with Crippen LogP contribution in [0, 0.1) is 18.3 Å². The third kappa shape index (κ3) is 4.85. The smallest absolute Gasteiger partial charge is 0.267 e. The highest BCUT2D eigenvalue weighted by Crippen LogP contribution is 2.41. The van der Waals surface area contributed by atoms with Crippen LogP contribution < -0.4 is 4.74 Å². The largest absolute Gasteiger partial charge is 0.480 e. The first-order chi connectivity index (χ1) is 17.2. The van der Waals surface area contributed by atoms with Crippen molar-refractivity contribution in [2.75, 3.05) is 6.61 Å². The van der Waals surface area contributed by atoms with Gasteiger partial charge in [0.15, 0.2) is 5.17 Å². The summed E-state index contributed by atoms with van der Waals surface area (Å²) in [5.41, 5.74) is 1.72. The van der Waals surface area contributed by atoms with E-state index in [2.05, 4.69) is 25.0 Å². The number of aliphatic imine (C=N–C) groups is 1. The maximum absolute atomic E-state index is 13.9. The van der Waals surface area contributed by atoms with E-state index in [1.54, 1.807) is 0 Å². The Kier molecular flexibility index (Phi) is 6.92. The Bertz CT molecular complexity index is 1340. The lowest BCUT2D eigenvalue weighted by Gasteiger charge is -2.35. The molecule has 0 radical (unpaired) electrons. The molecule has 5 heteroatoms. The van der Waals surface area contributed by atoms with E-state index in [4.69, 9.17) is 16.2 Å². The van der Waals surface area contributed by atoms with Crippen LogP contribution in [0.1, 0.15) is 38.2 Å². The lowest BCUT2D eigenvalue weighted by molar-refractivity contribution is -0.124. The van der Waals surface area contributed by atoms with Crippen molar-refractivity contribution in [2.24, 2.45) is 10.9 Å². The van der Waals surface area contributed by atoms with Crippen LogP contribution in [-0.4, -0.2) is 28.6 Å². The number of carbonyl (C=O) groups excluding carboxylic acids is 1. The average molecular weight is 481 g/mol. The number of nitrogens with zero attached hydrogens (tertiary/aromatic N) is 2. The zero-order chi connectivity index (χ0) is 24.2. The molecule has 0 N–H and O–H groups in total. The molecule has 2 aliphatic rings. The number of thioether (sulfide) groups is 1. The van der Waals surface area contributed by atoms with Gasteiger partial charge in [0.2, 0.25) is 0 Å². The summed E-state index contributed by atoms with van der Waals surface area (Å²) in [5, 5.41) is 2.85. The normalized spacial score (nSPS) is 22.6. The number of amidine groups is 1. The van der Waals surface area contributed by atoms with E-state index in [0.717, 1.165) is 46.5 Å². The van der Waals surface area contributed by atoms with Gasteiger partial charge in [-0.15, -0.1) is 6.42 Å². The van der Waals surface area contributed by atoms with E-state index in [9.17, 15) is 4.79 Å². The summed E-state index contributed by atoms with van der Waals surface area (Å²) in [6.07, 6.45) is 11.9. The Morgan fingerprint density at radius 3 is 2.66 bits per heavy atom. The van der Waals surface area contributed by atoms with Gasteiger partial charge in [0.05, 0.1) is 10.6 Å². The molecule has 1 saturated carbocycles. The Hall–Kier alpha value is -3.49. The number of para-hydroxylation sites is 1. The third-order valence-corrected chi connectivity index (χ3v) is 7.72. The zero-order valence-corrected chi connectivity index (χ0v) is 20.6. The fourth-order valence-corrected chi connectivity index (χ4v) is 5.98. The fraction of sp³-hybridized carbons (Fsp3) is 0.267. The molecule has 0 spiro atoms. The lowest BCUT2D eigenvalue weighted by Crippen LogP contribution is -2.44. The van der Waals surface area contributed by atoms with Crippen LogP contribution in [0.4, 0.5) is 5.69 Å². The second kappa shape index (κ2) is 10.4. The van der Waals surface area contributed by atoms with Crippen molar-refractivity contribution in [1.29, 1.82) is 0 Å². The minimum Gasteiger partial charge on any atom is -0.480 e. The van der Waals surface area contributed by atoms with Gasteiger partial charge >= 0.3 is 0 Å². The monoisotopic (exact) mass is 480 g/mol. The van der Waals surface area contributed by atoms with E-state index < -0.39 is 0 Å². The van der Waals surface area contributed by atoms with Gasteiger partial charge in [0.1, 0.15) is 12.4 Å². The second-order valence-corrected chi connectivity index (χ2v) is 10.0. The van der Waals surface area contributed by atoms with Crippen molar-refractivity contribution in [1.82, 2.24) is 4.90 Å². The number of amides is 1. The number of benzene rings is 3. The predicted molar refractivity (Wildman–Crippen MR) is 146 cm³/mol. The van der Waals surface area contributed by atoms with E-state index in [-0.39, 0.29) is 18.6 Å². The molecule has 2 fully saturated rings. The molecule has 3 aromatic carbocycles. The SMILES string of the molecule is C#CCOc1ccc2ccccc2c1/C=C1\SC(=Nc2ccccc2)N([C@H]2CCCC[C@H]2C)C1=O. The molecule has 1 aliphatic heterocycles. The summed E-state index contributed by atoms with van der Waals surface area (Å²) < 4.78 is 5.88. The van der Waals surface area contributed by atoms with Gasteiger partial charge in [-0.2, -0.15) is 0 Å². The van der Waals surface area contributed by atoms with Crippen molar-refractivity contribution in [3.63, 3.8) is 0 Å². The van der Waals surface area contributed by atoms with Crippen molar-refractivity contribution in [2.45, 2.75) is 38.6 Å². The number of hydrogen-bond acceptors (Lipinski definition) is 4. The minimum absolute atomic E-state index is 0.0132. The number of carbonyl (C=O) groups is 1. The van der Waals surface area contributed by atoms with Gasteiger partial charge in [0, 0.05) is 11.6 Å². The molecule has 5 rings (SSSR count). The Labute approximate surface area is 211 Å². The first-order valence-electron chi connectivity index (χ1n) is 12.1. The maximum atomic E-state index is 13.9. The summed E-state index contributed by atoms with van der Waals surface area (Å²) >= 11 is 1.44. The summed E-state index contributed by atoms with van der Waals surface area (Å²) in [6.45, 7) is 2.42. The molecule has 35 heavy (non-hydrogen) atoms. The molecular weight excluding hydrogens is 452 g/mol. The molecule has 1 heterocycles. The second-order valence-electron chi connectivity index (χ2n) is 9.04. The van der Waals surface area contributed by atoms with Crippen LogP contribution in [0.15, 0.2) is 76.6 Å². The number of fused-ring (bicyclic) bond motifs is 1. The number of terminal acetylenes is 1. The highest BCUT2D eigenvalue weighted by Gasteiger charge is 2.41. The molecule has 3 aromatic rings. The molecule has 1 amide bonds. The van der Waals surface area contributed by atoms with Crippen LogP contribution in [0.25, 0.3) is 16.8 Å². The van der Waals surface area contributed by atoms with E-state index >= 15 is 0 Å². The first kappa shape index (κ1) is 23.3. The zero-order valence-electron chi connectivity index (χ0n) is 19.8. The van der Waals surface area contributed by atoms with Gasteiger partial charge in [-0.1, -0.05) is 74.2 Å². The molecule has 0 aromatic heterocycles. The highest BCUT2D eigenvalue weighted by atomic mass is 32.2. The third-order valence-electron chi connectivity index (χ3n) is 6.73. The van der Waals surface area contributed by atoms with Crippen LogP contribution in [0.3, 0.4) is 0 Å². The topological polar surface area (TPSA) is 41.9 Å². The van der Waals surface area contributed by atoms with E-state index in [0.29, 0.717) is 16.6 Å². The molecular formula is C30H28N2O2S. The van der Waals surface area contributed by atoms with Gasteiger partial charge in [0.25, 0.3) is 5.91 Å². The maximum Gasteiger partial charge on any atom is 0.267 e. The van der Waals surface area contributed by atoms with Gasteiger partial charge < -0.3 is 4.74 Å². The Morgan fingerprint density at radius 2 is 1.86 bits per heavy atom. The molecule has 1 saturated heterocycles. The standard InChI is InChI=1S/C30H28N2O2S/c1-3-19-34-27-18-17-22-12-8-9-15-24(22)25(27)20-28-29(33)32(26-16-10-7-11-21(26)2)30(35-28)31-23-13-5-4-6-14-23/h1,4-6,8-9,12-15,17-18,20-21,26H,7,10-11,16,19H2,2H3/b28-20-,31-30?/t21-,26+/m1/s1. The summed E-state index contributed by atoms with van der Waals surface area (Å²) in [5.74, 6) is 3.66. The van der Waals surface area contributed by atoms with Crippen molar-refractivity contribution in [3.05, 3.63) is 77.2 Å². The van der Waals surface area contributed by atoms with Gasteiger partial charge in [-0.3, -0.25) is 9.69 Å². The van der Waals surface area contributed by atoms with Crippen molar-refractivity contribution >= 4 is 45.4 Å². The first-order valence-corrected chi connectivity index (χ1v) is 12.9. The molecule has 1 aliphatic carbocycles. The quantitative estimate of drug-likeness (QED) is 0.291. The molecule has 4 nitrogen and oxygen atoms in total. The van der Waals surface area contributed by atoms with Crippen LogP contribution in [-0.2, 0) is 4.79 Å². The highest BCUT2D eigenvalue weighted by molar-refractivity contribution is 8.18. The average Bonchev–Trinajstić information content (AvgIpc) is 3.18. The van der Waals surface area contributed by atoms with Gasteiger partial charge in [-0.25, -0.2) is 4.99 Å². The van der Waals surface area contributed by atoms with Crippen LogP contribution in [0.5, 0.6) is 5.75 Å². The van der Waals surface area contributed by atoms with Crippen LogP contribution >= 0.6 is 11.8 Å². The molecule has 0 unspecified atom stereocenters. The molecule has 0 bridgehead atoms. The summed E-state index contributed by atoms with van der Waals surface area (Å²) in [6, 6.07) is 22.1. The minimum atomic E-state index is 0.0132. The number of rotatable bonds is 5. The van der Waals surface area contributed by atoms with Gasteiger partial charge in [-0.05, 0) is 65.6 Å². The molecule has 2 atom stereocenters. The predicted octanol–water partition coefficient (Wildman–Crippen LogP) is 7.03. The number of ether oxygens (including phenoxy) is 1. The summed E-state index contributed by atoms with van der Waals surface area (Å²) in [4.78, 5) is 21.4.